The van der Waals surface area contributed by atoms with Crippen molar-refractivity contribution in [2.45, 2.75) is 6.92 Å². The van der Waals surface area contributed by atoms with Gasteiger partial charge in [0.05, 0.1) is 11.3 Å². The fourth-order valence-electron chi connectivity index (χ4n) is 2.57. The molecule has 2 aliphatic rings. The quantitative estimate of drug-likeness (QED) is 0.717. The standard InChI is InChI=1S/C18H13ClN4O4S2/c1-2-29(25,26)18-22-23-15(20)13(16(24)21-17(23)28-18)9-12-7-8-14(27-12)10-3-5-11(19)6-4-10/h3-9,20H,2H2,1H3/b13-9-,20-15?. The zero-order valence-corrected chi connectivity index (χ0v) is 17.3. The summed E-state index contributed by atoms with van der Waals surface area (Å²) in [6.45, 7) is 1.49. The molecule has 8 nitrogen and oxygen atoms in total. The van der Waals surface area contributed by atoms with Crippen molar-refractivity contribution < 1.29 is 17.6 Å². The summed E-state index contributed by atoms with van der Waals surface area (Å²) in [7, 11) is -3.57. The first-order valence-corrected chi connectivity index (χ1v) is 11.2. The number of hydrazone groups is 1. The first kappa shape index (κ1) is 19.6. The van der Waals surface area contributed by atoms with Gasteiger partial charge in [0.1, 0.15) is 11.5 Å². The number of thioether (sulfide) groups is 1. The van der Waals surface area contributed by atoms with Crippen LogP contribution in [0.25, 0.3) is 17.4 Å². The van der Waals surface area contributed by atoms with Crippen LogP contribution >= 0.6 is 23.4 Å². The number of halogens is 1. The Kier molecular flexibility index (Phi) is 4.93. The van der Waals surface area contributed by atoms with Crippen LogP contribution < -0.4 is 0 Å². The minimum Gasteiger partial charge on any atom is -0.457 e. The second-order valence-corrected chi connectivity index (χ2v) is 9.84. The Hall–Kier alpha value is -2.69. The number of sulfone groups is 1. The minimum absolute atomic E-state index is 0.0467. The predicted molar refractivity (Wildman–Crippen MR) is 114 cm³/mol. The molecule has 0 saturated carbocycles. The van der Waals surface area contributed by atoms with E-state index in [0.29, 0.717) is 16.5 Å². The molecule has 2 aromatic rings. The van der Waals surface area contributed by atoms with Crippen molar-refractivity contribution in [3.63, 3.8) is 0 Å². The zero-order chi connectivity index (χ0) is 20.8. The number of amides is 1. The van der Waals surface area contributed by atoms with Crippen LogP contribution in [-0.2, 0) is 14.6 Å². The lowest BCUT2D eigenvalue weighted by molar-refractivity contribution is -0.114. The Bertz CT molecular complexity index is 1230. The van der Waals surface area contributed by atoms with Gasteiger partial charge in [-0.2, -0.15) is 10.0 Å². The number of carbonyl (C=O) groups excluding carboxylic acids is 1. The summed E-state index contributed by atoms with van der Waals surface area (Å²) in [4.78, 5) is 16.3. The number of fused-ring (bicyclic) bond motifs is 1. The van der Waals surface area contributed by atoms with E-state index in [1.54, 1.807) is 36.4 Å². The summed E-state index contributed by atoms with van der Waals surface area (Å²) in [6.07, 6.45) is 1.39. The van der Waals surface area contributed by atoms with Gasteiger partial charge >= 0.3 is 0 Å². The first-order chi connectivity index (χ1) is 13.8. The highest BCUT2D eigenvalue weighted by Gasteiger charge is 2.39. The average molecular weight is 449 g/mol. The van der Waals surface area contributed by atoms with Crippen LogP contribution in [-0.4, -0.2) is 40.5 Å². The fraction of sp³-hybridized carbons (Fsp3) is 0.111. The van der Waals surface area contributed by atoms with Crippen molar-refractivity contribution in [1.82, 2.24) is 5.01 Å². The number of aliphatic imine (C=N–C) groups is 1. The van der Waals surface area contributed by atoms with Crippen LogP contribution in [0, 0.1) is 5.41 Å². The molecular formula is C18H13ClN4O4S2. The largest absolute Gasteiger partial charge is 0.457 e. The summed E-state index contributed by atoms with van der Waals surface area (Å²) in [5.41, 5.74) is 0.754. The van der Waals surface area contributed by atoms with Crippen molar-refractivity contribution >= 4 is 60.6 Å². The van der Waals surface area contributed by atoms with Crippen LogP contribution in [0.5, 0.6) is 0 Å². The molecule has 0 bridgehead atoms. The molecule has 2 aliphatic heterocycles. The van der Waals surface area contributed by atoms with E-state index in [4.69, 9.17) is 21.4 Å². The van der Waals surface area contributed by atoms with Crippen LogP contribution in [0.4, 0.5) is 0 Å². The van der Waals surface area contributed by atoms with Gasteiger partial charge in [0.25, 0.3) is 5.91 Å². The Labute approximate surface area is 175 Å². The van der Waals surface area contributed by atoms with Gasteiger partial charge in [0.15, 0.2) is 5.84 Å². The maximum Gasteiger partial charge on any atom is 0.283 e. The molecule has 0 aliphatic carbocycles. The van der Waals surface area contributed by atoms with E-state index >= 15 is 0 Å². The zero-order valence-electron chi connectivity index (χ0n) is 14.9. The molecule has 0 radical (unpaired) electrons. The van der Waals surface area contributed by atoms with Crippen molar-refractivity contribution in [3.05, 3.63) is 52.8 Å². The Morgan fingerprint density at radius 1 is 1.24 bits per heavy atom. The second-order valence-electron chi connectivity index (χ2n) is 6.00. The van der Waals surface area contributed by atoms with Crippen LogP contribution in [0.1, 0.15) is 12.7 Å². The summed E-state index contributed by atoms with van der Waals surface area (Å²) in [5.74, 6) is -0.150. The SMILES string of the molecule is CCS(=O)(=O)C1=NN2C(=N)/C(=C/c3ccc(-c4ccc(Cl)cc4)o3)C(=O)N=C2S1. The molecule has 148 valence electrons. The molecule has 0 atom stereocenters. The van der Waals surface area contributed by atoms with E-state index in [9.17, 15) is 13.2 Å². The smallest absolute Gasteiger partial charge is 0.283 e. The highest BCUT2D eigenvalue weighted by atomic mass is 35.5. The van der Waals surface area contributed by atoms with Gasteiger partial charge in [-0.25, -0.2) is 8.42 Å². The maximum atomic E-state index is 12.4. The number of nitrogens with zero attached hydrogens (tertiary/aromatic N) is 3. The Balaban J connectivity index is 1.65. The summed E-state index contributed by atoms with van der Waals surface area (Å²) in [6, 6.07) is 10.5. The minimum atomic E-state index is -3.57. The summed E-state index contributed by atoms with van der Waals surface area (Å²) < 4.78 is 29.6. The van der Waals surface area contributed by atoms with Crippen LogP contribution in [0.3, 0.4) is 0 Å². The number of carbonyl (C=O) groups is 1. The molecule has 1 N–H and O–H groups in total. The van der Waals surface area contributed by atoms with Gasteiger partial charge in [-0.05, 0) is 54.2 Å². The van der Waals surface area contributed by atoms with Crippen LogP contribution in [0.15, 0.2) is 56.5 Å². The number of furan rings is 1. The molecule has 1 aromatic carbocycles. The molecule has 0 fully saturated rings. The molecule has 3 heterocycles. The Morgan fingerprint density at radius 3 is 2.66 bits per heavy atom. The monoisotopic (exact) mass is 448 g/mol. The summed E-state index contributed by atoms with van der Waals surface area (Å²) in [5, 5.41) is 13.9. The van der Waals surface area contributed by atoms with Gasteiger partial charge in [0.2, 0.25) is 19.4 Å². The first-order valence-electron chi connectivity index (χ1n) is 8.37. The van der Waals surface area contributed by atoms with E-state index in [1.807, 2.05) is 0 Å². The van der Waals surface area contributed by atoms with Gasteiger partial charge < -0.3 is 4.42 Å². The second kappa shape index (κ2) is 7.29. The number of nitrogens with one attached hydrogen (secondary N) is 1. The molecule has 1 amide bonds. The molecule has 1 aromatic heterocycles. The highest BCUT2D eigenvalue weighted by molar-refractivity contribution is 8.42. The number of hydrogen-bond donors (Lipinski definition) is 1. The molecule has 4 rings (SSSR count). The third-order valence-electron chi connectivity index (χ3n) is 4.12. The lowest BCUT2D eigenvalue weighted by Crippen LogP contribution is -2.35. The molecule has 0 unspecified atom stereocenters. The van der Waals surface area contributed by atoms with Crippen molar-refractivity contribution in [1.29, 1.82) is 5.41 Å². The van der Waals surface area contributed by atoms with Gasteiger partial charge in [-0.15, -0.1) is 5.10 Å². The number of hydrogen-bond acceptors (Lipinski definition) is 7. The predicted octanol–water partition coefficient (Wildman–Crippen LogP) is 3.61. The third kappa shape index (κ3) is 3.66. The molecule has 29 heavy (non-hydrogen) atoms. The van der Waals surface area contributed by atoms with Crippen LogP contribution in [0.2, 0.25) is 5.02 Å². The number of benzene rings is 1. The third-order valence-corrected chi connectivity index (χ3v) is 7.46. The van der Waals surface area contributed by atoms with Gasteiger partial charge in [-0.1, -0.05) is 18.5 Å². The highest BCUT2D eigenvalue weighted by Crippen LogP contribution is 2.31. The van der Waals surface area contributed by atoms with Crippen molar-refractivity contribution in [3.8, 4) is 11.3 Å². The lowest BCUT2D eigenvalue weighted by Gasteiger charge is -2.19. The summed E-state index contributed by atoms with van der Waals surface area (Å²) >= 11 is 6.65. The van der Waals surface area contributed by atoms with Crippen molar-refractivity contribution in [2.24, 2.45) is 10.1 Å². The van der Waals surface area contributed by atoms with Crippen molar-refractivity contribution in [2.75, 3.05) is 5.75 Å². The van der Waals surface area contributed by atoms with E-state index in [2.05, 4.69) is 10.1 Å². The van der Waals surface area contributed by atoms with Gasteiger partial charge in [0, 0.05) is 10.6 Å². The number of amidine groups is 2. The topological polar surface area (TPSA) is 116 Å². The van der Waals surface area contributed by atoms with E-state index in [0.717, 1.165) is 22.3 Å². The fourth-order valence-corrected chi connectivity index (χ4v) is 4.86. The average Bonchev–Trinajstić information content (AvgIpc) is 3.33. The number of rotatable bonds is 3. The molecule has 0 spiro atoms. The Morgan fingerprint density at radius 2 is 1.97 bits per heavy atom. The molecular weight excluding hydrogens is 436 g/mol. The van der Waals surface area contributed by atoms with E-state index in [-0.39, 0.29) is 26.7 Å². The molecule has 11 heteroatoms. The maximum absolute atomic E-state index is 12.4. The molecule has 0 saturated heterocycles. The van der Waals surface area contributed by atoms with Gasteiger partial charge in [-0.3, -0.25) is 10.2 Å². The lowest BCUT2D eigenvalue weighted by atomic mass is 10.1. The normalized spacial score (nSPS) is 18.1. The van der Waals surface area contributed by atoms with E-state index < -0.39 is 15.7 Å². The van der Waals surface area contributed by atoms with E-state index in [1.165, 1.54) is 13.0 Å².